The number of hydrogen-bond acceptors (Lipinski definition) is 17. The van der Waals surface area contributed by atoms with Crippen molar-refractivity contribution in [3.8, 4) is 16.2 Å². The molecule has 0 spiro atoms. The van der Waals surface area contributed by atoms with Crippen LogP contribution in [0.25, 0.3) is 10.4 Å². The molecule has 5 heterocycles. The maximum atomic E-state index is 13.6. The lowest BCUT2D eigenvalue weighted by molar-refractivity contribution is -0.135. The number of β-amino-alcohol motifs (C(OH)–C–C–N with tert-alkyl or cyclic N) is 1. The molecule has 0 radical (unpaired) electrons. The van der Waals surface area contributed by atoms with Crippen molar-refractivity contribution in [2.75, 3.05) is 92.6 Å². The Morgan fingerprint density at radius 1 is 0.973 bits per heavy atom. The molecule has 404 valence electrons. The number of para-hydroxylation sites is 2. The van der Waals surface area contributed by atoms with Gasteiger partial charge in [-0.1, -0.05) is 68.8 Å². The molecule has 75 heavy (non-hydrogen) atoms. The van der Waals surface area contributed by atoms with Crippen molar-refractivity contribution in [2.45, 2.75) is 90.4 Å². The normalized spacial score (nSPS) is 19.1. The quantitative estimate of drug-likeness (QED) is 0.0556. The Labute approximate surface area is 449 Å². The number of nitrogens with one attached hydrogen (secondary N) is 4. The highest BCUT2D eigenvalue weighted by Gasteiger charge is 2.45. The molecule has 19 nitrogen and oxygen atoms in total. The van der Waals surface area contributed by atoms with Crippen LogP contribution in [0.15, 0.2) is 78.4 Å². The highest BCUT2D eigenvalue weighted by Crippen LogP contribution is 2.36. The van der Waals surface area contributed by atoms with Crippen LogP contribution < -0.4 is 35.2 Å². The third-order valence-corrected chi connectivity index (χ3v) is 17.0. The summed E-state index contributed by atoms with van der Waals surface area (Å²) < 4.78 is 31.6. The molecule has 3 fully saturated rings. The number of aliphatic hydroxyl groups is 2. The summed E-state index contributed by atoms with van der Waals surface area (Å²) in [5, 5.41) is 35.4. The van der Waals surface area contributed by atoms with E-state index >= 15 is 0 Å². The van der Waals surface area contributed by atoms with Crippen LogP contribution in [0.4, 0.5) is 34.5 Å². The number of thiazole rings is 1. The topological polar surface area (TPSA) is 221 Å². The first-order chi connectivity index (χ1) is 35.7. The van der Waals surface area contributed by atoms with Crippen LogP contribution in [0.1, 0.15) is 57.7 Å². The second kappa shape index (κ2) is 24.1. The number of anilines is 6. The molecule has 6 N–H and O–H groups in total. The van der Waals surface area contributed by atoms with Gasteiger partial charge in [0.25, 0.3) is 0 Å². The number of sulfonamides is 1. The largest absolute Gasteiger partial charge is 0.494 e. The Balaban J connectivity index is 0.780. The number of aromatic nitrogens is 3. The Kier molecular flexibility index (Phi) is 17.9. The van der Waals surface area contributed by atoms with Gasteiger partial charge in [-0.25, -0.2) is 18.4 Å². The number of aliphatic hydroxyl groups excluding tert-OH is 2. The van der Waals surface area contributed by atoms with Crippen molar-refractivity contribution in [3.05, 3.63) is 94.7 Å². The number of rotatable bonds is 19. The third-order valence-electron chi connectivity index (χ3n) is 14.5. The van der Waals surface area contributed by atoms with Crippen LogP contribution in [-0.4, -0.2) is 163 Å². The van der Waals surface area contributed by atoms with Gasteiger partial charge >= 0.3 is 0 Å². The zero-order valence-corrected chi connectivity index (χ0v) is 46.2. The lowest BCUT2D eigenvalue weighted by atomic mass is 9.84. The van der Waals surface area contributed by atoms with Crippen LogP contribution >= 0.6 is 22.9 Å². The number of halogens is 1. The fraction of sp³-hybridized carbons (Fsp3) is 0.491. The van der Waals surface area contributed by atoms with Crippen molar-refractivity contribution >= 4 is 79.3 Å². The lowest BCUT2D eigenvalue weighted by Gasteiger charge is -2.43. The molecule has 2 aromatic heterocycles. The van der Waals surface area contributed by atoms with E-state index in [0.29, 0.717) is 47.8 Å². The Hall–Kier alpha value is -5.65. The van der Waals surface area contributed by atoms with E-state index < -0.39 is 39.9 Å². The lowest BCUT2D eigenvalue weighted by Crippen LogP contribution is -2.60. The number of aryl methyl sites for hydroxylation is 1. The van der Waals surface area contributed by atoms with E-state index in [1.165, 1.54) is 17.5 Å². The molecule has 0 saturated carbocycles. The summed E-state index contributed by atoms with van der Waals surface area (Å²) >= 11 is 8.09. The maximum Gasteiger partial charge on any atom is 0.237 e. The van der Waals surface area contributed by atoms with E-state index in [9.17, 15) is 28.2 Å². The molecule has 22 heteroatoms. The second-order valence-corrected chi connectivity index (χ2v) is 24.0. The van der Waals surface area contributed by atoms with Gasteiger partial charge in [0, 0.05) is 90.2 Å². The fourth-order valence-electron chi connectivity index (χ4n) is 10.1. The SMILES string of the molecule is COc1cc(N2CCC(N3CCN(CCC(=O)N[C@H](C(O)N4C[C@H](O)C[C@@H]4C(=O)NCc4ccc(-c5scnc5C)cc4)C(C)(C)C)CC3)CC2)ccc1Nc1ncc(Cl)c(Nc2ccccc2N(C)S(C)(=O)=O)n1. The highest BCUT2D eigenvalue weighted by atomic mass is 35.5. The molecule has 0 aliphatic carbocycles. The number of benzene rings is 3. The smallest absolute Gasteiger partial charge is 0.237 e. The number of carbonyl (C=O) groups excluding carboxylic acids is 2. The maximum absolute atomic E-state index is 13.6. The summed E-state index contributed by atoms with van der Waals surface area (Å²) in [6, 6.07) is 20.0. The van der Waals surface area contributed by atoms with Gasteiger partial charge < -0.3 is 46.0 Å². The average molecular weight is 1090 g/mol. The number of amides is 2. The first kappa shape index (κ1) is 55.6. The molecule has 4 atom stereocenters. The Morgan fingerprint density at radius 3 is 2.36 bits per heavy atom. The van der Waals surface area contributed by atoms with Crippen LogP contribution in [0.3, 0.4) is 0 Å². The molecule has 5 aromatic rings. The second-order valence-electron chi connectivity index (χ2n) is 20.7. The minimum atomic E-state index is -3.52. The Bertz CT molecular complexity index is 2870. The van der Waals surface area contributed by atoms with Gasteiger partial charge in [-0.15, -0.1) is 11.3 Å². The summed E-state index contributed by atoms with van der Waals surface area (Å²) in [6.45, 7) is 14.2. The van der Waals surface area contributed by atoms with E-state index in [1.54, 1.807) is 47.6 Å². The first-order valence-corrected chi connectivity index (χ1v) is 28.5. The van der Waals surface area contributed by atoms with Gasteiger partial charge in [0.1, 0.15) is 17.0 Å². The zero-order valence-electron chi connectivity index (χ0n) is 43.8. The molecule has 2 amide bonds. The van der Waals surface area contributed by atoms with Gasteiger partial charge in [0.2, 0.25) is 27.8 Å². The predicted molar refractivity (Wildman–Crippen MR) is 297 cm³/mol. The molecule has 3 aliphatic heterocycles. The molecule has 8 rings (SSSR count). The van der Waals surface area contributed by atoms with E-state index in [2.05, 4.69) is 57.0 Å². The van der Waals surface area contributed by atoms with Gasteiger partial charge in [-0.05, 0) is 67.0 Å². The summed E-state index contributed by atoms with van der Waals surface area (Å²) in [6.07, 6.45) is 3.11. The Morgan fingerprint density at radius 2 is 1.69 bits per heavy atom. The molecule has 1 unspecified atom stereocenters. The monoisotopic (exact) mass is 1090 g/mol. The van der Waals surface area contributed by atoms with Crippen LogP contribution in [0, 0.1) is 12.3 Å². The number of likely N-dealkylation sites (tertiary alicyclic amines) is 1. The molecule has 3 aromatic carbocycles. The van der Waals surface area contributed by atoms with Crippen LogP contribution in [-0.2, 0) is 26.2 Å². The standard InChI is InChI=1S/C53H71ClN12O7S2/c1-34-47(74-33-57-34)36-14-12-35(13-15-36)30-55-50(69)44-29-39(67)32-66(44)51(70)48(53(2,3)4)60-46(68)20-21-63-24-26-65(27-25-63)37-18-22-64(23-19-37)38-16-17-42(45(28-38)73-6)59-52-56-31-40(54)49(61-52)58-41-10-8-9-11-43(41)62(5)75(7,71)72/h8-17,28,31,33,37,39,44,48,51,67,70H,18-27,29-30,32H2,1-7H3,(H,55,69)(H,60,68)(H2,56,58,59,61)/t39-,44-,48-,51?/m1/s1. The van der Waals surface area contributed by atoms with Crippen molar-refractivity contribution in [1.29, 1.82) is 0 Å². The van der Waals surface area contributed by atoms with Crippen molar-refractivity contribution in [1.82, 2.24) is 40.3 Å². The highest BCUT2D eigenvalue weighted by molar-refractivity contribution is 7.92. The van der Waals surface area contributed by atoms with Gasteiger partial charge in [0.15, 0.2) is 5.82 Å². The van der Waals surface area contributed by atoms with Crippen LogP contribution in [0.5, 0.6) is 5.75 Å². The number of carbonyl (C=O) groups is 2. The molecular weight excluding hydrogens is 1020 g/mol. The van der Waals surface area contributed by atoms with Crippen molar-refractivity contribution in [2.24, 2.45) is 5.41 Å². The molecule has 3 saturated heterocycles. The van der Waals surface area contributed by atoms with Gasteiger partial charge in [0.05, 0.1) is 70.9 Å². The van der Waals surface area contributed by atoms with Gasteiger partial charge in [-0.3, -0.25) is 23.7 Å². The fourth-order valence-corrected chi connectivity index (χ4v) is 11.6. The van der Waals surface area contributed by atoms with Gasteiger partial charge in [-0.2, -0.15) is 4.98 Å². The summed E-state index contributed by atoms with van der Waals surface area (Å²) in [5.41, 5.74) is 6.91. The third kappa shape index (κ3) is 13.9. The van der Waals surface area contributed by atoms with E-state index in [4.69, 9.17) is 16.3 Å². The van der Waals surface area contributed by atoms with Crippen molar-refractivity contribution < 1.29 is 33.0 Å². The summed E-state index contributed by atoms with van der Waals surface area (Å²) in [5.74, 6) is 0.741. The average Bonchev–Trinajstić information content (AvgIpc) is 4.02. The zero-order chi connectivity index (χ0) is 53.6. The van der Waals surface area contributed by atoms with E-state index in [1.807, 2.05) is 69.6 Å². The number of ether oxygens (including phenoxy) is 1. The molecule has 3 aliphatic rings. The minimum Gasteiger partial charge on any atom is -0.494 e. The van der Waals surface area contributed by atoms with Crippen molar-refractivity contribution in [3.63, 3.8) is 0 Å². The minimum absolute atomic E-state index is 0.117. The molecular formula is C53H71ClN12O7S2. The summed E-state index contributed by atoms with van der Waals surface area (Å²) in [7, 11) is -0.416. The first-order valence-electron chi connectivity index (χ1n) is 25.4. The number of piperazine rings is 1. The number of nitrogens with zero attached hydrogens (tertiary/aromatic N) is 8. The molecule has 0 bridgehead atoms. The number of methoxy groups -OCH3 is 1. The van der Waals surface area contributed by atoms with Crippen LogP contribution in [0.2, 0.25) is 5.02 Å². The number of piperidine rings is 1. The van der Waals surface area contributed by atoms with E-state index in [-0.39, 0.29) is 42.2 Å². The number of hydrogen-bond donors (Lipinski definition) is 6. The summed E-state index contributed by atoms with van der Waals surface area (Å²) in [4.78, 5) is 50.5. The predicted octanol–water partition coefficient (Wildman–Crippen LogP) is 6.03. The van der Waals surface area contributed by atoms with E-state index in [0.717, 1.165) is 85.8 Å².